The van der Waals surface area contributed by atoms with Crippen LogP contribution in [0.1, 0.15) is 31.2 Å². The summed E-state index contributed by atoms with van der Waals surface area (Å²) in [6.07, 6.45) is 0. The summed E-state index contributed by atoms with van der Waals surface area (Å²) in [7, 11) is 0. The predicted octanol–water partition coefficient (Wildman–Crippen LogP) is 5.41. The largest absolute Gasteiger partial charge is 0.330 e. The third-order valence-corrected chi connectivity index (χ3v) is 6.25. The Kier molecular flexibility index (Phi) is 5.21. The van der Waals surface area contributed by atoms with Gasteiger partial charge in [0, 0.05) is 33.5 Å². The smallest absolute Gasteiger partial charge is 0.265 e. The first-order valence-corrected chi connectivity index (χ1v) is 10.5. The fourth-order valence-electron chi connectivity index (χ4n) is 3.11. The van der Waals surface area contributed by atoms with Crippen molar-refractivity contribution in [3.63, 3.8) is 0 Å². The fraction of sp³-hybridized carbons (Fsp3) is 0.100. The lowest BCUT2D eigenvalue weighted by Gasteiger charge is -2.16. The molecule has 4 rings (SSSR count). The molecule has 0 fully saturated rings. The van der Waals surface area contributed by atoms with Gasteiger partial charge in [-0.3, -0.25) is 9.59 Å². The Morgan fingerprint density at radius 3 is 2.74 bits per heavy atom. The van der Waals surface area contributed by atoms with Crippen molar-refractivity contribution in [3.05, 3.63) is 84.1 Å². The molecule has 0 atom stereocenters. The van der Waals surface area contributed by atoms with Crippen molar-refractivity contribution in [3.8, 4) is 0 Å². The number of halogens is 2. The average Bonchev–Trinajstić information content (AvgIpc) is 3.20. The SMILES string of the molecule is O=C(Nc1cccc2c1CN(Cc1cccc(I)c1)C2=O)c1ccc(Cl)s1. The molecule has 3 aromatic rings. The van der Waals surface area contributed by atoms with E-state index in [4.69, 9.17) is 11.6 Å². The molecule has 136 valence electrons. The minimum absolute atomic E-state index is 0.0147. The van der Waals surface area contributed by atoms with E-state index in [9.17, 15) is 9.59 Å². The maximum Gasteiger partial charge on any atom is 0.265 e. The Bertz CT molecular complexity index is 1050. The first-order valence-electron chi connectivity index (χ1n) is 8.23. The summed E-state index contributed by atoms with van der Waals surface area (Å²) in [6, 6.07) is 16.9. The number of thiophene rings is 1. The molecule has 2 amide bonds. The molecule has 0 radical (unpaired) electrons. The van der Waals surface area contributed by atoms with Crippen LogP contribution in [0.25, 0.3) is 0 Å². The maximum atomic E-state index is 12.8. The Balaban J connectivity index is 1.56. The molecule has 1 N–H and O–H groups in total. The van der Waals surface area contributed by atoms with Crippen molar-refractivity contribution in [2.45, 2.75) is 13.1 Å². The summed E-state index contributed by atoms with van der Waals surface area (Å²) in [5.41, 5.74) is 3.24. The van der Waals surface area contributed by atoms with Gasteiger partial charge in [0.2, 0.25) is 0 Å². The zero-order chi connectivity index (χ0) is 19.0. The molecule has 1 aromatic heterocycles. The van der Waals surface area contributed by atoms with E-state index in [0.29, 0.717) is 33.6 Å². The number of rotatable bonds is 4. The number of nitrogens with one attached hydrogen (secondary N) is 1. The molecule has 4 nitrogen and oxygen atoms in total. The van der Waals surface area contributed by atoms with Gasteiger partial charge in [-0.05, 0) is 64.6 Å². The number of hydrogen-bond acceptors (Lipinski definition) is 3. The number of amides is 2. The third-order valence-electron chi connectivity index (χ3n) is 4.35. The minimum Gasteiger partial charge on any atom is -0.330 e. The van der Waals surface area contributed by atoms with E-state index < -0.39 is 0 Å². The molecule has 2 heterocycles. The van der Waals surface area contributed by atoms with Crippen LogP contribution >= 0.6 is 45.5 Å². The topological polar surface area (TPSA) is 49.4 Å². The van der Waals surface area contributed by atoms with Gasteiger partial charge in [-0.1, -0.05) is 29.8 Å². The van der Waals surface area contributed by atoms with Gasteiger partial charge in [-0.15, -0.1) is 11.3 Å². The van der Waals surface area contributed by atoms with E-state index in [0.717, 1.165) is 14.7 Å². The van der Waals surface area contributed by atoms with Gasteiger partial charge in [0.25, 0.3) is 11.8 Å². The van der Waals surface area contributed by atoms with Crippen LogP contribution in [-0.2, 0) is 13.1 Å². The molecule has 1 aliphatic rings. The Hall–Kier alpha value is -1.90. The van der Waals surface area contributed by atoms with Crippen molar-refractivity contribution >= 4 is 63.0 Å². The molecule has 0 saturated heterocycles. The van der Waals surface area contributed by atoms with Gasteiger partial charge < -0.3 is 10.2 Å². The molecule has 2 aromatic carbocycles. The highest BCUT2D eigenvalue weighted by atomic mass is 127. The van der Waals surface area contributed by atoms with E-state index in [-0.39, 0.29) is 11.8 Å². The highest BCUT2D eigenvalue weighted by molar-refractivity contribution is 14.1. The lowest BCUT2D eigenvalue weighted by molar-refractivity contribution is 0.0766. The van der Waals surface area contributed by atoms with Crippen LogP contribution < -0.4 is 5.32 Å². The number of benzene rings is 2. The number of hydrogen-bond donors (Lipinski definition) is 1. The average molecular weight is 509 g/mol. The number of fused-ring (bicyclic) bond motifs is 1. The number of carbonyl (C=O) groups is 2. The molecule has 0 aliphatic carbocycles. The summed E-state index contributed by atoms with van der Waals surface area (Å²) in [5.74, 6) is -0.233. The lowest BCUT2D eigenvalue weighted by atomic mass is 10.1. The maximum absolute atomic E-state index is 12.8. The van der Waals surface area contributed by atoms with Crippen LogP contribution in [0, 0.1) is 3.57 Å². The van der Waals surface area contributed by atoms with Crippen LogP contribution in [0.3, 0.4) is 0 Å². The summed E-state index contributed by atoms with van der Waals surface area (Å²) in [4.78, 5) is 27.6. The van der Waals surface area contributed by atoms with E-state index in [1.165, 1.54) is 11.3 Å². The molecule has 1 aliphatic heterocycles. The molecule has 0 bridgehead atoms. The van der Waals surface area contributed by atoms with Crippen LogP contribution in [0.15, 0.2) is 54.6 Å². The third kappa shape index (κ3) is 3.88. The first-order chi connectivity index (χ1) is 13.0. The Labute approximate surface area is 179 Å². The van der Waals surface area contributed by atoms with Gasteiger partial charge in [0.1, 0.15) is 0 Å². The molecule has 27 heavy (non-hydrogen) atoms. The van der Waals surface area contributed by atoms with Crippen molar-refractivity contribution < 1.29 is 9.59 Å². The van der Waals surface area contributed by atoms with Gasteiger partial charge >= 0.3 is 0 Å². The number of carbonyl (C=O) groups excluding carboxylic acids is 2. The number of nitrogens with zero attached hydrogens (tertiary/aromatic N) is 1. The normalized spacial score (nSPS) is 13.0. The summed E-state index contributed by atoms with van der Waals surface area (Å²) < 4.78 is 1.70. The highest BCUT2D eigenvalue weighted by Crippen LogP contribution is 2.31. The Morgan fingerprint density at radius 1 is 1.19 bits per heavy atom. The van der Waals surface area contributed by atoms with Gasteiger partial charge in [0.05, 0.1) is 9.21 Å². The van der Waals surface area contributed by atoms with Gasteiger partial charge in [-0.25, -0.2) is 0 Å². The van der Waals surface area contributed by atoms with Crippen molar-refractivity contribution in [1.82, 2.24) is 4.90 Å². The fourth-order valence-corrected chi connectivity index (χ4v) is 4.66. The first kappa shape index (κ1) is 18.5. The monoisotopic (exact) mass is 508 g/mol. The zero-order valence-electron chi connectivity index (χ0n) is 14.0. The van der Waals surface area contributed by atoms with E-state index in [1.807, 2.05) is 30.3 Å². The lowest BCUT2D eigenvalue weighted by Crippen LogP contribution is -2.23. The second-order valence-electron chi connectivity index (χ2n) is 6.18. The van der Waals surface area contributed by atoms with Gasteiger partial charge in [0.15, 0.2) is 0 Å². The molecular weight excluding hydrogens is 495 g/mol. The highest BCUT2D eigenvalue weighted by Gasteiger charge is 2.29. The van der Waals surface area contributed by atoms with Gasteiger partial charge in [-0.2, -0.15) is 0 Å². The van der Waals surface area contributed by atoms with E-state index >= 15 is 0 Å². The zero-order valence-corrected chi connectivity index (χ0v) is 17.8. The second kappa shape index (κ2) is 7.61. The molecule has 0 spiro atoms. The predicted molar refractivity (Wildman–Crippen MR) is 116 cm³/mol. The van der Waals surface area contributed by atoms with Crippen LogP contribution in [0.4, 0.5) is 5.69 Å². The second-order valence-corrected chi connectivity index (χ2v) is 9.14. The van der Waals surface area contributed by atoms with E-state index in [2.05, 4.69) is 34.0 Å². The van der Waals surface area contributed by atoms with Crippen LogP contribution in [0.2, 0.25) is 4.34 Å². The van der Waals surface area contributed by atoms with E-state index in [1.54, 1.807) is 23.1 Å². The summed E-state index contributed by atoms with van der Waals surface area (Å²) >= 11 is 9.41. The van der Waals surface area contributed by atoms with Crippen molar-refractivity contribution in [1.29, 1.82) is 0 Å². The number of anilines is 1. The van der Waals surface area contributed by atoms with Crippen LogP contribution in [0.5, 0.6) is 0 Å². The van der Waals surface area contributed by atoms with Crippen molar-refractivity contribution in [2.75, 3.05) is 5.32 Å². The quantitative estimate of drug-likeness (QED) is 0.479. The molecular formula is C20H14ClIN2O2S. The van der Waals surface area contributed by atoms with Crippen molar-refractivity contribution in [2.24, 2.45) is 0 Å². The molecule has 0 saturated carbocycles. The minimum atomic E-state index is -0.219. The van der Waals surface area contributed by atoms with Crippen LogP contribution in [-0.4, -0.2) is 16.7 Å². The Morgan fingerprint density at radius 2 is 2.00 bits per heavy atom. The molecule has 0 unspecified atom stereocenters. The standard InChI is InChI=1S/C20H14ClIN2O2S/c21-18-8-7-17(27-18)19(25)23-16-6-2-5-14-15(16)11-24(20(14)26)10-12-3-1-4-13(22)9-12/h1-9H,10-11H2,(H,23,25). The summed E-state index contributed by atoms with van der Waals surface area (Å²) in [6.45, 7) is 1.01. The molecule has 7 heteroatoms. The summed E-state index contributed by atoms with van der Waals surface area (Å²) in [5, 5.41) is 2.92.